The Labute approximate surface area is 147 Å². The molecule has 2 atom stereocenters. The minimum absolute atomic E-state index is 0.00657. The lowest BCUT2D eigenvalue weighted by Crippen LogP contribution is -2.29. The van der Waals surface area contributed by atoms with Crippen molar-refractivity contribution >= 4 is 7.52 Å². The molecule has 0 saturated carbocycles. The van der Waals surface area contributed by atoms with Crippen molar-refractivity contribution in [3.8, 4) is 17.2 Å². The number of rotatable bonds is 8. The molecule has 2 aromatic carbocycles. The summed E-state index contributed by atoms with van der Waals surface area (Å²) < 4.78 is 34.6. The van der Waals surface area contributed by atoms with Crippen molar-refractivity contribution in [3.63, 3.8) is 0 Å². The molecule has 0 amide bonds. The van der Waals surface area contributed by atoms with E-state index in [4.69, 9.17) is 18.7 Å². The van der Waals surface area contributed by atoms with Crippen LogP contribution in [-0.2, 0) is 15.7 Å². The van der Waals surface area contributed by atoms with E-state index < -0.39 is 7.52 Å². The fourth-order valence-corrected chi connectivity index (χ4v) is 4.46. The molecule has 1 unspecified atom stereocenters. The van der Waals surface area contributed by atoms with Crippen LogP contribution in [0.4, 0.5) is 0 Å². The smallest absolute Gasteiger partial charge is 0.342 e. The largest absolute Gasteiger partial charge is 0.454 e. The monoisotopic (exact) mass is 363 g/mol. The molecule has 0 saturated heterocycles. The highest BCUT2D eigenvalue weighted by atomic mass is 31.2. The molecule has 1 heterocycles. The van der Waals surface area contributed by atoms with Crippen molar-refractivity contribution in [2.24, 2.45) is 0 Å². The zero-order chi connectivity index (χ0) is 17.7. The lowest BCUT2D eigenvalue weighted by Gasteiger charge is -2.23. The second kappa shape index (κ2) is 7.91. The summed E-state index contributed by atoms with van der Waals surface area (Å²) in [6, 6.07) is 14.8. The number of nitrogens with one attached hydrogen (secondary N) is 1. The van der Waals surface area contributed by atoms with Gasteiger partial charge in [0.2, 0.25) is 6.79 Å². The van der Waals surface area contributed by atoms with Gasteiger partial charge in [-0.2, -0.15) is 0 Å². The fraction of sp³-hybridized carbons (Fsp3) is 0.333. The molecule has 1 aliphatic rings. The molecule has 25 heavy (non-hydrogen) atoms. The van der Waals surface area contributed by atoms with Gasteiger partial charge in [-0.3, -0.25) is 4.57 Å². The average Bonchev–Trinajstić information content (AvgIpc) is 3.03. The molecule has 6 nitrogen and oxygen atoms in total. The summed E-state index contributed by atoms with van der Waals surface area (Å²) in [5, 5.41) is 3.10. The van der Waals surface area contributed by atoms with Crippen LogP contribution in [0.3, 0.4) is 0 Å². The maximum Gasteiger partial charge on any atom is 0.342 e. The van der Waals surface area contributed by atoms with Crippen LogP contribution in [0, 0.1) is 0 Å². The van der Waals surface area contributed by atoms with E-state index in [0.29, 0.717) is 12.2 Å². The third kappa shape index (κ3) is 4.75. The van der Waals surface area contributed by atoms with Crippen LogP contribution in [-0.4, -0.2) is 26.3 Å². The topological polar surface area (TPSA) is 66.0 Å². The highest BCUT2D eigenvalue weighted by molar-refractivity contribution is 7.57. The SMILES string of the molecule is COCP(=O)(N[C@H](C)Cc1ccc2c(c1)OCO2)Oc1ccccc1. The Kier molecular flexibility index (Phi) is 5.63. The van der Waals surface area contributed by atoms with Crippen molar-refractivity contribution in [2.75, 3.05) is 20.3 Å². The predicted molar refractivity (Wildman–Crippen MR) is 95.4 cm³/mol. The Bertz CT molecular complexity index is 752. The normalized spacial score (nSPS) is 16.2. The summed E-state index contributed by atoms with van der Waals surface area (Å²) in [5.41, 5.74) is 1.06. The van der Waals surface area contributed by atoms with Crippen molar-refractivity contribution in [2.45, 2.75) is 19.4 Å². The molecular weight excluding hydrogens is 341 g/mol. The Balaban J connectivity index is 1.66. The molecule has 0 aromatic heterocycles. The van der Waals surface area contributed by atoms with Gasteiger partial charge in [-0.15, -0.1) is 0 Å². The summed E-state index contributed by atoms with van der Waals surface area (Å²) in [4.78, 5) is 0. The summed E-state index contributed by atoms with van der Waals surface area (Å²) in [6.07, 6.45) is 0.663. The second-order valence-corrected chi connectivity index (χ2v) is 7.96. The van der Waals surface area contributed by atoms with E-state index in [2.05, 4.69) is 5.09 Å². The van der Waals surface area contributed by atoms with Crippen LogP contribution < -0.4 is 19.1 Å². The molecule has 1 aliphatic heterocycles. The van der Waals surface area contributed by atoms with Gasteiger partial charge in [-0.05, 0) is 43.2 Å². The Morgan fingerprint density at radius 1 is 1.16 bits per heavy atom. The highest BCUT2D eigenvalue weighted by Crippen LogP contribution is 2.43. The molecule has 0 spiro atoms. The minimum atomic E-state index is -3.18. The molecule has 0 fully saturated rings. The molecule has 0 bridgehead atoms. The van der Waals surface area contributed by atoms with Gasteiger partial charge in [0.25, 0.3) is 0 Å². The predicted octanol–water partition coefficient (Wildman–Crippen LogP) is 3.81. The van der Waals surface area contributed by atoms with Crippen LogP contribution in [0.25, 0.3) is 0 Å². The lowest BCUT2D eigenvalue weighted by atomic mass is 10.1. The Morgan fingerprint density at radius 2 is 1.92 bits per heavy atom. The first-order valence-electron chi connectivity index (χ1n) is 8.07. The zero-order valence-corrected chi connectivity index (χ0v) is 15.2. The van der Waals surface area contributed by atoms with Gasteiger partial charge >= 0.3 is 7.52 Å². The number of ether oxygens (including phenoxy) is 3. The second-order valence-electron chi connectivity index (χ2n) is 5.92. The van der Waals surface area contributed by atoms with Crippen LogP contribution in [0.15, 0.2) is 48.5 Å². The quantitative estimate of drug-likeness (QED) is 0.720. The van der Waals surface area contributed by atoms with Gasteiger partial charge in [-0.25, -0.2) is 5.09 Å². The maximum atomic E-state index is 13.1. The van der Waals surface area contributed by atoms with Gasteiger partial charge in [-0.1, -0.05) is 24.3 Å². The van der Waals surface area contributed by atoms with Crippen molar-refractivity contribution < 1.29 is 23.3 Å². The van der Waals surface area contributed by atoms with Gasteiger partial charge in [0, 0.05) is 13.2 Å². The lowest BCUT2D eigenvalue weighted by molar-refractivity contribution is 0.174. The van der Waals surface area contributed by atoms with E-state index >= 15 is 0 Å². The number of hydrogen-bond acceptors (Lipinski definition) is 5. The summed E-state index contributed by atoms with van der Waals surface area (Å²) in [7, 11) is -1.67. The molecule has 0 radical (unpaired) electrons. The first kappa shape index (κ1) is 17.8. The standard InChI is InChI=1S/C18H22NO5P/c1-14(10-15-8-9-17-18(11-15)23-12-22-17)19-25(20,13-21-2)24-16-6-4-3-5-7-16/h3-9,11,14H,10,12-13H2,1-2H3,(H,19,20)/t14-,25?/m1/s1. The fourth-order valence-electron chi connectivity index (χ4n) is 2.71. The van der Waals surface area contributed by atoms with E-state index in [1.165, 1.54) is 7.11 Å². The van der Waals surface area contributed by atoms with Crippen LogP contribution in [0.2, 0.25) is 0 Å². The van der Waals surface area contributed by atoms with E-state index in [1.807, 2.05) is 43.3 Å². The first-order valence-corrected chi connectivity index (χ1v) is 9.88. The Hall–Kier alpha value is -2.01. The first-order chi connectivity index (χ1) is 12.1. The maximum absolute atomic E-state index is 13.1. The molecule has 1 N–H and O–H groups in total. The summed E-state index contributed by atoms with van der Waals surface area (Å²) in [6.45, 7) is 2.21. The third-order valence-corrected chi connectivity index (χ3v) is 5.63. The third-order valence-electron chi connectivity index (χ3n) is 3.69. The van der Waals surface area contributed by atoms with E-state index in [9.17, 15) is 4.57 Å². The van der Waals surface area contributed by atoms with Gasteiger partial charge in [0.1, 0.15) is 12.1 Å². The van der Waals surface area contributed by atoms with E-state index in [0.717, 1.165) is 17.1 Å². The van der Waals surface area contributed by atoms with Crippen LogP contribution in [0.1, 0.15) is 12.5 Å². The van der Waals surface area contributed by atoms with Gasteiger partial charge < -0.3 is 18.7 Å². The number of hydrogen-bond donors (Lipinski definition) is 1. The number of para-hydroxylation sites is 1. The van der Waals surface area contributed by atoms with E-state index in [1.54, 1.807) is 12.1 Å². The minimum Gasteiger partial charge on any atom is -0.454 e. The molecule has 2 aromatic rings. The van der Waals surface area contributed by atoms with Crippen LogP contribution >= 0.6 is 7.52 Å². The molecule has 3 rings (SSSR count). The van der Waals surface area contributed by atoms with Gasteiger partial charge in [0.05, 0.1) is 0 Å². The molecular formula is C18H22NO5P. The summed E-state index contributed by atoms with van der Waals surface area (Å²) >= 11 is 0. The average molecular weight is 363 g/mol. The van der Waals surface area contributed by atoms with Gasteiger partial charge in [0.15, 0.2) is 11.5 Å². The molecule has 7 heteroatoms. The number of fused-ring (bicyclic) bond motifs is 1. The van der Waals surface area contributed by atoms with Crippen molar-refractivity contribution in [1.82, 2.24) is 5.09 Å². The van der Waals surface area contributed by atoms with Crippen molar-refractivity contribution in [3.05, 3.63) is 54.1 Å². The highest BCUT2D eigenvalue weighted by Gasteiger charge is 2.27. The summed E-state index contributed by atoms with van der Waals surface area (Å²) in [5.74, 6) is 2.04. The van der Waals surface area contributed by atoms with Crippen LogP contribution in [0.5, 0.6) is 17.2 Å². The number of benzene rings is 2. The Morgan fingerprint density at radius 3 is 2.68 bits per heavy atom. The van der Waals surface area contributed by atoms with E-state index in [-0.39, 0.29) is 19.2 Å². The zero-order valence-electron chi connectivity index (χ0n) is 14.3. The molecule has 0 aliphatic carbocycles. The molecule has 134 valence electrons. The number of methoxy groups -OCH3 is 1. The van der Waals surface area contributed by atoms with Crippen molar-refractivity contribution in [1.29, 1.82) is 0 Å².